The number of halogens is 6. The molecule has 0 aliphatic rings. The van der Waals surface area contributed by atoms with Crippen molar-refractivity contribution in [1.82, 2.24) is 0 Å². The van der Waals surface area contributed by atoms with Gasteiger partial charge in [0.2, 0.25) is 0 Å². The van der Waals surface area contributed by atoms with Gasteiger partial charge in [0.1, 0.15) is 0 Å². The maximum absolute atomic E-state index is 5.86. The summed E-state index contributed by atoms with van der Waals surface area (Å²) >= 11 is 5.79. The molecule has 0 heterocycles. The molecule has 0 aliphatic carbocycles. The maximum atomic E-state index is 5.79. The Hall–Kier alpha value is 2.35. The minimum atomic E-state index is -5.86. The number of ether oxygens (including phenoxy) is 2. The Bertz CT molecular complexity index is 182. The van der Waals surface area contributed by atoms with Crippen LogP contribution in [0.25, 0.3) is 0 Å². The quantitative estimate of drug-likeness (QED) is 0.441. The summed E-state index contributed by atoms with van der Waals surface area (Å²) in [6.07, 6.45) is -0.958. The first kappa shape index (κ1) is 15.3. The molecule has 84 valence electrons. The molecule has 0 radical (unpaired) electrons. The van der Waals surface area contributed by atoms with Crippen LogP contribution < -0.4 is 0 Å². The van der Waals surface area contributed by atoms with E-state index in [1.165, 1.54) is 14.2 Å². The summed E-state index contributed by atoms with van der Waals surface area (Å²) in [7, 11) is 25.4. The molecule has 0 saturated carbocycles. The Morgan fingerprint density at radius 3 is 1.31 bits per heavy atom. The molecule has 9 heteroatoms. The summed E-state index contributed by atoms with van der Waals surface area (Å²) in [5.41, 5.74) is 0. The molecule has 0 aromatic heterocycles. The Kier molecular flexibility index (Phi) is 4.70. The van der Waals surface area contributed by atoms with E-state index in [4.69, 9.17) is 68.2 Å². The summed E-state index contributed by atoms with van der Waals surface area (Å²) in [6, 6.07) is 0. The van der Waals surface area contributed by atoms with Gasteiger partial charge in [0.05, 0.1) is 0 Å². The number of hydrogen-bond acceptors (Lipinski definition) is 2. The minimum absolute atomic E-state index is 0.958. The van der Waals surface area contributed by atoms with E-state index < -0.39 is 18.4 Å². The van der Waals surface area contributed by atoms with E-state index in [0.717, 1.165) is 0 Å². The fourth-order valence-electron chi connectivity index (χ4n) is 0.520. The molecule has 13 heavy (non-hydrogen) atoms. The molecule has 0 rings (SSSR count). The van der Waals surface area contributed by atoms with Crippen molar-refractivity contribution in [3.05, 3.63) is 0 Å². The Morgan fingerprint density at radius 1 is 0.923 bits per heavy atom. The summed E-state index contributed by atoms with van der Waals surface area (Å²) in [5, 5.41) is 0. The first-order valence-corrected chi connectivity index (χ1v) is 23.2. The van der Waals surface area contributed by atoms with Gasteiger partial charge in [0.15, 0.2) is 0 Å². The zero-order valence-electron chi connectivity index (χ0n) is 6.65. The zero-order valence-corrected chi connectivity index (χ0v) is 14.1. The number of methoxy groups -OCH3 is 2. The van der Waals surface area contributed by atoms with Crippen molar-refractivity contribution < 1.29 is 17.8 Å². The first-order valence-electron chi connectivity index (χ1n) is 2.85. The van der Waals surface area contributed by atoms with Crippen LogP contribution in [0.1, 0.15) is 0 Å². The molecule has 0 bridgehead atoms. The van der Waals surface area contributed by atoms with Crippen LogP contribution in [0.4, 0.5) is 0 Å². The third-order valence-electron chi connectivity index (χ3n) is 1.10. The topological polar surface area (TPSA) is 18.5 Å². The van der Waals surface area contributed by atoms with Gasteiger partial charge in [-0.1, -0.05) is 0 Å². The molecule has 0 fully saturated rings. The average molecular weight is 485 g/mol. The summed E-state index contributed by atoms with van der Waals surface area (Å²) in [6.45, 7) is 0. The van der Waals surface area contributed by atoms with Crippen LogP contribution in [0.2, 0.25) is 0 Å². The molecule has 2 nitrogen and oxygen atoms in total. The molecule has 0 aromatic carbocycles. The van der Waals surface area contributed by atoms with Crippen LogP contribution in [0.5, 0.6) is 0 Å². The van der Waals surface area contributed by atoms with Crippen LogP contribution in [0.3, 0.4) is 0 Å². The van der Waals surface area contributed by atoms with Crippen LogP contribution in [-0.4, -0.2) is 24.3 Å². The SMILES string of the molecule is COC(OC)[CH](Cl)[W]([Cl])([Cl])([Cl])([Cl])[Cl]. The van der Waals surface area contributed by atoms with Crippen molar-refractivity contribution in [3.8, 4) is 0 Å². The van der Waals surface area contributed by atoms with Crippen molar-refractivity contribution in [2.24, 2.45) is 0 Å². The molecule has 0 amide bonds. The van der Waals surface area contributed by atoms with Crippen molar-refractivity contribution in [2.45, 2.75) is 10.1 Å². The number of alkyl halides is 1. The van der Waals surface area contributed by atoms with E-state index in [1.807, 2.05) is 0 Å². The van der Waals surface area contributed by atoms with Crippen LogP contribution in [-0.2, 0) is 17.8 Å². The second-order valence-corrected chi connectivity index (χ2v) is 58.4. The van der Waals surface area contributed by atoms with Gasteiger partial charge in [-0.25, -0.2) is 0 Å². The van der Waals surface area contributed by atoms with E-state index in [-0.39, 0.29) is 0 Å². The molecule has 1 atom stereocenters. The molecule has 0 N–H and O–H groups in total. The van der Waals surface area contributed by atoms with Crippen molar-refractivity contribution >= 4 is 58.7 Å². The van der Waals surface area contributed by atoms with Crippen LogP contribution >= 0.6 is 58.7 Å². The number of rotatable bonds is 4. The van der Waals surface area contributed by atoms with Crippen molar-refractivity contribution in [1.29, 1.82) is 0 Å². The van der Waals surface area contributed by atoms with E-state index in [1.54, 1.807) is 0 Å². The second-order valence-electron chi connectivity index (χ2n) is 2.22. The van der Waals surface area contributed by atoms with Crippen LogP contribution in [0.15, 0.2) is 0 Å². The first-order chi connectivity index (χ1) is 5.42. The molecular formula is C4H8Cl6O2W. The van der Waals surface area contributed by atoms with E-state index in [2.05, 4.69) is 0 Å². The molecule has 1 unspecified atom stereocenters. The van der Waals surface area contributed by atoms with Gasteiger partial charge >= 0.3 is 101 Å². The predicted octanol–water partition coefficient (Wildman–Crippen LogP) is 4.16. The molecule has 0 aromatic rings. The molecule has 0 spiro atoms. The summed E-state index contributed by atoms with van der Waals surface area (Å²) in [4.78, 5) is 0. The normalized spacial score (nSPS) is 21.0. The number of hydrogen-bond donors (Lipinski definition) is 0. The predicted molar refractivity (Wildman–Crippen MR) is 56.7 cm³/mol. The fourth-order valence-corrected chi connectivity index (χ4v) is 6.47. The monoisotopic (exact) mass is 482 g/mol. The van der Waals surface area contributed by atoms with E-state index >= 15 is 0 Å². The Balaban J connectivity index is 4.89. The van der Waals surface area contributed by atoms with Gasteiger partial charge in [-0.2, -0.15) is 0 Å². The van der Waals surface area contributed by atoms with Gasteiger partial charge in [0, 0.05) is 0 Å². The third kappa shape index (κ3) is 5.28. The van der Waals surface area contributed by atoms with Gasteiger partial charge < -0.3 is 0 Å². The van der Waals surface area contributed by atoms with Gasteiger partial charge in [-0.15, -0.1) is 0 Å². The third-order valence-corrected chi connectivity index (χ3v) is 20.4. The summed E-state index contributed by atoms with van der Waals surface area (Å²) < 4.78 is 8.38. The second kappa shape index (κ2) is 3.98. The van der Waals surface area contributed by atoms with Gasteiger partial charge in [-0.3, -0.25) is 0 Å². The van der Waals surface area contributed by atoms with Gasteiger partial charge in [-0.05, 0) is 0 Å². The average Bonchev–Trinajstić information content (AvgIpc) is 1.85. The van der Waals surface area contributed by atoms with Crippen LogP contribution in [0, 0.1) is 0 Å². The Morgan fingerprint density at radius 2 is 1.23 bits per heavy atom. The van der Waals surface area contributed by atoms with E-state index in [0.29, 0.717) is 0 Å². The fraction of sp³-hybridized carbons (Fsp3) is 1.00. The molecule has 0 saturated heterocycles. The standard InChI is InChI=1S/C4H8ClO2.5ClH.W/c1-6-4(3-5)7-2;;;;;;/h3-4H,1-2H3;5*1H;/q;;;;;;+5/p-5. The van der Waals surface area contributed by atoms with Gasteiger partial charge in [0.25, 0.3) is 0 Å². The molecular weight excluding hydrogens is 477 g/mol. The summed E-state index contributed by atoms with van der Waals surface area (Å²) in [5.74, 6) is 0. The Labute approximate surface area is 99.7 Å². The molecule has 0 aliphatic heterocycles. The van der Waals surface area contributed by atoms with E-state index in [9.17, 15) is 0 Å². The van der Waals surface area contributed by atoms with Crippen molar-refractivity contribution in [2.75, 3.05) is 14.2 Å². The zero-order chi connectivity index (χ0) is 11.0. The van der Waals surface area contributed by atoms with Crippen molar-refractivity contribution in [3.63, 3.8) is 0 Å².